The molecule has 0 spiro atoms. The van der Waals surface area contributed by atoms with Crippen LogP contribution in [0.2, 0.25) is 0 Å². The summed E-state index contributed by atoms with van der Waals surface area (Å²) in [4.78, 5) is 48.1. The Balaban J connectivity index is 1.21. The Bertz CT molecular complexity index is 1980. The molecule has 1 aliphatic heterocycles. The summed E-state index contributed by atoms with van der Waals surface area (Å²) in [5.74, 6) is -7.20. The maximum absolute atomic E-state index is 14.4. The van der Waals surface area contributed by atoms with Crippen molar-refractivity contribution in [1.82, 2.24) is 9.80 Å². The van der Waals surface area contributed by atoms with Gasteiger partial charge in [0.05, 0.1) is 29.5 Å². The minimum absolute atomic E-state index is 0.0314. The van der Waals surface area contributed by atoms with Gasteiger partial charge in [-0.3, -0.25) is 19.3 Å². The molecule has 1 saturated heterocycles. The highest BCUT2D eigenvalue weighted by atomic mass is 19.1. The Hall–Kier alpha value is -4.76. The third-order valence-corrected chi connectivity index (χ3v) is 11.4. The molecule has 4 aliphatic rings. The maximum atomic E-state index is 14.4. The van der Waals surface area contributed by atoms with Gasteiger partial charge in [0, 0.05) is 63.5 Å². The van der Waals surface area contributed by atoms with Crippen LogP contribution in [0.1, 0.15) is 28.1 Å². The molecular weight excluding hydrogens is 673 g/mol. The second-order valence-electron chi connectivity index (χ2n) is 14.8. The number of piperazine rings is 1. The predicted molar refractivity (Wildman–Crippen MR) is 189 cm³/mol. The van der Waals surface area contributed by atoms with Crippen molar-refractivity contribution in [3.8, 4) is 17.1 Å². The molecule has 1 aromatic heterocycles. The number of aliphatic hydroxyl groups excluding tert-OH is 2. The number of rotatable bonds is 7. The number of para-hydroxylation sites is 1. The lowest BCUT2D eigenvalue weighted by molar-refractivity contribution is -0.178. The number of Topliss-reactive ketones (excluding diaryl/α,β-unsaturated/α-hetero) is 2. The number of amides is 1. The van der Waals surface area contributed by atoms with Crippen molar-refractivity contribution in [2.24, 2.45) is 23.5 Å². The molecule has 2 fully saturated rings. The molecule has 3 unspecified atom stereocenters. The number of hydrogen-bond acceptors (Lipinski definition) is 12. The summed E-state index contributed by atoms with van der Waals surface area (Å²) in [5, 5.41) is 46.6. The van der Waals surface area contributed by atoms with E-state index in [1.807, 2.05) is 15.9 Å². The molecular formula is C38H44FN5O8. The Morgan fingerprint density at radius 3 is 2.38 bits per heavy atom. The van der Waals surface area contributed by atoms with Gasteiger partial charge < -0.3 is 45.3 Å². The zero-order valence-corrected chi connectivity index (χ0v) is 29.5. The Kier molecular flexibility index (Phi) is 8.93. The van der Waals surface area contributed by atoms with E-state index in [1.165, 1.54) is 6.07 Å². The summed E-state index contributed by atoms with van der Waals surface area (Å²) in [5.41, 5.74) is 4.52. The molecule has 14 heteroatoms. The molecule has 52 heavy (non-hydrogen) atoms. The van der Waals surface area contributed by atoms with Gasteiger partial charge in [-0.25, -0.2) is 4.39 Å². The number of aromatic hydroxyl groups is 1. The number of phenols is 1. The van der Waals surface area contributed by atoms with Crippen molar-refractivity contribution >= 4 is 28.8 Å². The molecule has 2 aromatic carbocycles. The Labute approximate surface area is 300 Å². The average molecular weight is 718 g/mol. The number of halogens is 1. The first-order chi connectivity index (χ1) is 24.6. The van der Waals surface area contributed by atoms with Gasteiger partial charge in [-0.1, -0.05) is 12.1 Å². The van der Waals surface area contributed by atoms with Crippen LogP contribution >= 0.6 is 0 Å². The number of benzene rings is 2. The van der Waals surface area contributed by atoms with Crippen LogP contribution in [0, 0.1) is 23.6 Å². The number of carbonyl (C=O) groups excluding carboxylic acids is 3. The van der Waals surface area contributed by atoms with Crippen LogP contribution in [0.15, 0.2) is 58.2 Å². The highest BCUT2D eigenvalue weighted by Crippen LogP contribution is 2.54. The number of primary amides is 1. The molecule has 2 heterocycles. The molecule has 276 valence electrons. The number of carbonyl (C=O) groups is 3. The molecule has 1 saturated carbocycles. The van der Waals surface area contributed by atoms with Gasteiger partial charge >= 0.3 is 0 Å². The van der Waals surface area contributed by atoms with Gasteiger partial charge in [-0.15, -0.1) is 0 Å². The fourth-order valence-electron chi connectivity index (χ4n) is 8.92. The van der Waals surface area contributed by atoms with E-state index < -0.39 is 58.7 Å². The van der Waals surface area contributed by atoms with Crippen LogP contribution in [0.4, 0.5) is 15.8 Å². The summed E-state index contributed by atoms with van der Waals surface area (Å²) in [6.07, 6.45) is -1.33. The molecule has 6 N–H and O–H groups in total. The highest BCUT2D eigenvalue weighted by molar-refractivity contribution is 6.17. The van der Waals surface area contributed by atoms with E-state index in [9.17, 15) is 39.2 Å². The number of fused-ring (bicyclic) bond motifs is 3. The summed E-state index contributed by atoms with van der Waals surface area (Å²) in [7, 11) is 6.86. The molecule has 7 rings (SSSR count). The van der Waals surface area contributed by atoms with Gasteiger partial charge in [-0.05, 0) is 68.8 Å². The third-order valence-electron chi connectivity index (χ3n) is 11.4. The number of phenolic OH excluding ortho intramolecular Hbond substituents is 1. The minimum atomic E-state index is -2.67. The first-order valence-electron chi connectivity index (χ1n) is 17.4. The third kappa shape index (κ3) is 5.47. The maximum Gasteiger partial charge on any atom is 0.230 e. The first kappa shape index (κ1) is 35.6. The van der Waals surface area contributed by atoms with E-state index in [-0.39, 0.29) is 41.1 Å². The number of anilines is 2. The summed E-state index contributed by atoms with van der Waals surface area (Å²) in [6, 6.07) is 11.0. The van der Waals surface area contributed by atoms with Crippen LogP contribution < -0.4 is 15.5 Å². The number of allylic oxidation sites excluding steroid dienone is 1. The predicted octanol–water partition coefficient (Wildman–Crippen LogP) is 2.07. The van der Waals surface area contributed by atoms with E-state index in [0.717, 1.165) is 0 Å². The van der Waals surface area contributed by atoms with E-state index in [2.05, 4.69) is 4.90 Å². The van der Waals surface area contributed by atoms with E-state index in [4.69, 9.17) is 10.2 Å². The number of nitrogens with two attached hydrogens (primary N) is 1. The van der Waals surface area contributed by atoms with E-state index in [1.54, 1.807) is 63.4 Å². The van der Waals surface area contributed by atoms with E-state index >= 15 is 0 Å². The number of furan rings is 1. The second-order valence-corrected chi connectivity index (χ2v) is 14.8. The Morgan fingerprint density at radius 2 is 1.75 bits per heavy atom. The quantitative estimate of drug-likeness (QED) is 0.225. The fourth-order valence-corrected chi connectivity index (χ4v) is 8.92. The van der Waals surface area contributed by atoms with Crippen LogP contribution in [0.25, 0.3) is 11.3 Å². The summed E-state index contributed by atoms with van der Waals surface area (Å²) in [6.45, 7) is 3.11. The van der Waals surface area contributed by atoms with Gasteiger partial charge in [0.25, 0.3) is 0 Å². The first-order valence-corrected chi connectivity index (χ1v) is 17.4. The number of aliphatic hydroxyl groups is 3. The van der Waals surface area contributed by atoms with Gasteiger partial charge in [0.1, 0.15) is 34.8 Å². The second kappa shape index (κ2) is 13.0. The molecule has 3 aliphatic carbocycles. The number of ketones is 2. The van der Waals surface area contributed by atoms with Crippen molar-refractivity contribution in [3.63, 3.8) is 0 Å². The summed E-state index contributed by atoms with van der Waals surface area (Å²) < 4.78 is 20.6. The van der Waals surface area contributed by atoms with Crippen LogP contribution in [-0.4, -0.2) is 120 Å². The monoisotopic (exact) mass is 717 g/mol. The van der Waals surface area contributed by atoms with Gasteiger partial charge in [-0.2, -0.15) is 0 Å². The summed E-state index contributed by atoms with van der Waals surface area (Å²) >= 11 is 0. The molecule has 0 bridgehead atoms. The van der Waals surface area contributed by atoms with Crippen molar-refractivity contribution in [2.45, 2.75) is 37.1 Å². The zero-order chi connectivity index (χ0) is 37.4. The van der Waals surface area contributed by atoms with Crippen molar-refractivity contribution in [3.05, 3.63) is 76.5 Å². The number of likely N-dealkylation sites (N-methyl/N-ethyl adjacent to an activating group) is 1. The van der Waals surface area contributed by atoms with E-state index in [0.29, 0.717) is 61.2 Å². The highest BCUT2D eigenvalue weighted by Gasteiger charge is 2.66. The Morgan fingerprint density at radius 1 is 1.06 bits per heavy atom. The molecule has 1 amide bonds. The van der Waals surface area contributed by atoms with Gasteiger partial charge in [0.15, 0.2) is 17.2 Å². The molecule has 0 radical (unpaired) electrons. The number of nitrogens with zero attached hydrogens (tertiary/aromatic N) is 4. The van der Waals surface area contributed by atoms with Crippen LogP contribution in [-0.2, 0) is 22.6 Å². The average Bonchev–Trinajstić information content (AvgIpc) is 3.54. The largest absolute Gasteiger partial charge is 0.508 e. The zero-order valence-electron chi connectivity index (χ0n) is 29.5. The van der Waals surface area contributed by atoms with Crippen molar-refractivity contribution < 1.29 is 43.6 Å². The topological polar surface area (TPSA) is 184 Å². The number of hydrogen-bond donors (Lipinski definition) is 5. The fraction of sp³-hybridized carbons (Fsp3) is 0.447. The SMILES string of the molecule is CN(C)c1cc(-c2ccc(CN3CCN(c4ccccc4F)CC3)o2)c(O)c2c1C[C@H]1C[C@H]3C(N(C)C)C(O)C(C(N)=O)C(=O)[C@@]3(O)C(O)=C1C2=O. The lowest BCUT2D eigenvalue weighted by atomic mass is 9.56. The van der Waals surface area contributed by atoms with Gasteiger partial charge in [0.2, 0.25) is 5.91 Å². The lowest BCUT2D eigenvalue weighted by Crippen LogP contribution is -2.71. The molecule has 13 nitrogen and oxygen atoms in total. The molecule has 6 atom stereocenters. The normalized spacial score (nSPS) is 27.8. The van der Waals surface area contributed by atoms with Crippen molar-refractivity contribution in [1.29, 1.82) is 0 Å². The smallest absolute Gasteiger partial charge is 0.230 e. The van der Waals surface area contributed by atoms with Crippen LogP contribution in [0.3, 0.4) is 0 Å². The van der Waals surface area contributed by atoms with Crippen molar-refractivity contribution in [2.75, 3.05) is 64.2 Å². The lowest BCUT2D eigenvalue weighted by Gasteiger charge is -2.53. The van der Waals surface area contributed by atoms with Crippen LogP contribution in [0.5, 0.6) is 5.75 Å². The standard InChI is InChI=1S/C38H44FN5O8/c1-41(2)26-17-22(27-10-9-20(52-27)18-43-11-13-44(14-12-43)25-8-6-5-7-24(25)39)32(45)29-21(26)15-19-16-23-31(42(3)4)34(47)30(37(40)50)36(49)38(23,51)35(48)28(19)33(29)46/h5-10,17,19,23,30-31,34,45,47-48,51H,11-16,18H2,1-4H3,(H2,40,50)/t19-,23-,30?,31?,34?,38-/m0/s1. The molecule has 3 aromatic rings. The minimum Gasteiger partial charge on any atom is -0.508 e.